The van der Waals surface area contributed by atoms with Gasteiger partial charge in [-0.05, 0) is 44.0 Å². The maximum atomic E-state index is 12.4. The molecule has 0 aliphatic carbocycles. The number of likely N-dealkylation sites (tertiary alicyclic amines) is 1. The van der Waals surface area contributed by atoms with E-state index in [4.69, 9.17) is 0 Å². The first-order chi connectivity index (χ1) is 10.6. The van der Waals surface area contributed by atoms with Gasteiger partial charge in [0.25, 0.3) is 0 Å². The van der Waals surface area contributed by atoms with Crippen molar-refractivity contribution in [2.24, 2.45) is 0 Å². The standard InChI is InChI=1S/C18H29N3O/c1-4-15-7-9-16(10-8-15)12-20(3)18(22)14-21-11-5-6-17(13-21)19-2/h7-10,17,19H,4-6,11-14H2,1-3H3. The van der Waals surface area contributed by atoms with E-state index in [2.05, 4.69) is 41.4 Å². The number of carbonyl (C=O) groups excluding carboxylic acids is 1. The molecule has 1 aliphatic heterocycles. The maximum absolute atomic E-state index is 12.4. The van der Waals surface area contributed by atoms with Crippen molar-refractivity contribution < 1.29 is 4.79 Å². The average Bonchev–Trinajstić information content (AvgIpc) is 2.55. The fourth-order valence-electron chi connectivity index (χ4n) is 2.99. The van der Waals surface area contributed by atoms with Crippen LogP contribution in [0.5, 0.6) is 0 Å². The molecule has 1 unspecified atom stereocenters. The Morgan fingerprint density at radius 1 is 1.32 bits per heavy atom. The topological polar surface area (TPSA) is 35.6 Å². The Hall–Kier alpha value is -1.39. The molecule has 1 aromatic carbocycles. The molecular formula is C18H29N3O. The third kappa shape index (κ3) is 4.82. The number of hydrogen-bond acceptors (Lipinski definition) is 3. The number of likely N-dealkylation sites (N-methyl/N-ethyl adjacent to an activating group) is 2. The van der Waals surface area contributed by atoms with Gasteiger partial charge in [-0.2, -0.15) is 0 Å². The highest BCUT2D eigenvalue weighted by Crippen LogP contribution is 2.11. The van der Waals surface area contributed by atoms with Crippen molar-refractivity contribution in [2.75, 3.05) is 33.7 Å². The van der Waals surface area contributed by atoms with E-state index in [9.17, 15) is 4.79 Å². The monoisotopic (exact) mass is 303 g/mol. The molecule has 1 atom stereocenters. The van der Waals surface area contributed by atoms with Gasteiger partial charge in [-0.3, -0.25) is 9.69 Å². The van der Waals surface area contributed by atoms with E-state index in [-0.39, 0.29) is 5.91 Å². The zero-order chi connectivity index (χ0) is 15.9. The first-order valence-corrected chi connectivity index (χ1v) is 8.33. The fourth-order valence-corrected chi connectivity index (χ4v) is 2.99. The van der Waals surface area contributed by atoms with Gasteiger partial charge in [0, 0.05) is 26.2 Å². The molecule has 0 aromatic heterocycles. The van der Waals surface area contributed by atoms with Crippen LogP contribution in [0.3, 0.4) is 0 Å². The summed E-state index contributed by atoms with van der Waals surface area (Å²) in [6, 6.07) is 9.07. The van der Waals surface area contributed by atoms with E-state index in [1.165, 1.54) is 24.0 Å². The third-order valence-corrected chi connectivity index (χ3v) is 4.55. The number of piperidine rings is 1. The molecule has 1 saturated heterocycles. The summed E-state index contributed by atoms with van der Waals surface area (Å²) in [6.45, 7) is 5.37. The number of nitrogens with zero attached hydrogens (tertiary/aromatic N) is 2. The van der Waals surface area contributed by atoms with Crippen molar-refractivity contribution in [3.05, 3.63) is 35.4 Å². The van der Waals surface area contributed by atoms with E-state index in [1.807, 2.05) is 19.0 Å². The number of benzene rings is 1. The maximum Gasteiger partial charge on any atom is 0.236 e. The number of amides is 1. The number of carbonyl (C=O) groups is 1. The summed E-state index contributed by atoms with van der Waals surface area (Å²) in [7, 11) is 3.90. The van der Waals surface area contributed by atoms with Crippen LogP contribution in [-0.2, 0) is 17.8 Å². The molecule has 0 bridgehead atoms. The van der Waals surface area contributed by atoms with E-state index in [0.717, 1.165) is 19.5 Å². The highest BCUT2D eigenvalue weighted by Gasteiger charge is 2.21. The Labute approximate surface area is 134 Å². The Bertz CT molecular complexity index is 472. The molecule has 0 saturated carbocycles. The SMILES string of the molecule is CCc1ccc(CN(C)C(=O)CN2CCCC(NC)C2)cc1. The number of aryl methyl sites for hydroxylation is 1. The predicted octanol–water partition coefficient (Wildman–Crippen LogP) is 1.89. The largest absolute Gasteiger partial charge is 0.340 e. The Balaban J connectivity index is 1.83. The Kier molecular flexibility index (Phi) is 6.40. The molecule has 4 heteroatoms. The quantitative estimate of drug-likeness (QED) is 0.872. The summed E-state index contributed by atoms with van der Waals surface area (Å²) >= 11 is 0. The van der Waals surface area contributed by atoms with Crippen LogP contribution in [0, 0.1) is 0 Å². The number of hydrogen-bond donors (Lipinski definition) is 1. The van der Waals surface area contributed by atoms with E-state index in [1.54, 1.807) is 0 Å². The summed E-state index contributed by atoms with van der Waals surface area (Å²) in [6.07, 6.45) is 3.43. The number of nitrogens with one attached hydrogen (secondary N) is 1. The Morgan fingerprint density at radius 3 is 2.64 bits per heavy atom. The van der Waals surface area contributed by atoms with Crippen LogP contribution in [0.15, 0.2) is 24.3 Å². The lowest BCUT2D eigenvalue weighted by molar-refractivity contribution is -0.132. The third-order valence-electron chi connectivity index (χ3n) is 4.55. The predicted molar refractivity (Wildman–Crippen MR) is 90.8 cm³/mol. The molecule has 22 heavy (non-hydrogen) atoms. The molecule has 2 rings (SSSR count). The minimum atomic E-state index is 0.205. The van der Waals surface area contributed by atoms with Crippen LogP contribution in [0.2, 0.25) is 0 Å². The van der Waals surface area contributed by atoms with Crippen LogP contribution < -0.4 is 5.32 Å². The van der Waals surface area contributed by atoms with Gasteiger partial charge in [-0.25, -0.2) is 0 Å². The van der Waals surface area contributed by atoms with Crippen LogP contribution >= 0.6 is 0 Å². The van der Waals surface area contributed by atoms with Crippen molar-refractivity contribution in [3.8, 4) is 0 Å². The van der Waals surface area contributed by atoms with Gasteiger partial charge in [-0.15, -0.1) is 0 Å². The smallest absolute Gasteiger partial charge is 0.236 e. The zero-order valence-corrected chi connectivity index (χ0v) is 14.1. The molecule has 122 valence electrons. The van der Waals surface area contributed by atoms with Gasteiger partial charge in [-0.1, -0.05) is 31.2 Å². The van der Waals surface area contributed by atoms with Gasteiger partial charge in [0.2, 0.25) is 5.91 Å². The molecule has 1 fully saturated rings. The normalized spacial score (nSPS) is 19.1. The first-order valence-electron chi connectivity index (χ1n) is 8.33. The van der Waals surface area contributed by atoms with Crippen LogP contribution in [0.1, 0.15) is 30.9 Å². The molecule has 0 spiro atoms. The molecule has 1 aromatic rings. The summed E-state index contributed by atoms with van der Waals surface area (Å²) < 4.78 is 0. The van der Waals surface area contributed by atoms with Gasteiger partial charge >= 0.3 is 0 Å². The highest BCUT2D eigenvalue weighted by atomic mass is 16.2. The highest BCUT2D eigenvalue weighted by molar-refractivity contribution is 5.78. The zero-order valence-electron chi connectivity index (χ0n) is 14.1. The van der Waals surface area contributed by atoms with Crippen LogP contribution in [0.25, 0.3) is 0 Å². The summed E-state index contributed by atoms with van der Waals surface area (Å²) in [4.78, 5) is 16.5. The van der Waals surface area contributed by atoms with E-state index < -0.39 is 0 Å². The minimum absolute atomic E-state index is 0.205. The number of rotatable bonds is 6. The van der Waals surface area contributed by atoms with Crippen molar-refractivity contribution in [1.82, 2.24) is 15.1 Å². The lowest BCUT2D eigenvalue weighted by atomic mass is 10.1. The van der Waals surface area contributed by atoms with Crippen molar-refractivity contribution >= 4 is 5.91 Å². The van der Waals surface area contributed by atoms with Gasteiger partial charge in [0.15, 0.2) is 0 Å². The van der Waals surface area contributed by atoms with Crippen LogP contribution in [0.4, 0.5) is 0 Å². The second-order valence-corrected chi connectivity index (χ2v) is 6.28. The summed E-state index contributed by atoms with van der Waals surface area (Å²) in [5.41, 5.74) is 2.53. The Morgan fingerprint density at radius 2 is 2.00 bits per heavy atom. The minimum Gasteiger partial charge on any atom is -0.340 e. The lowest BCUT2D eigenvalue weighted by Gasteiger charge is -2.33. The average molecular weight is 303 g/mol. The molecule has 1 heterocycles. The molecule has 1 amide bonds. The second kappa shape index (κ2) is 8.30. The summed E-state index contributed by atoms with van der Waals surface area (Å²) in [5.74, 6) is 0.205. The van der Waals surface area contributed by atoms with Crippen LogP contribution in [-0.4, -0.2) is 55.5 Å². The molecule has 1 aliphatic rings. The molecular weight excluding hydrogens is 274 g/mol. The van der Waals surface area contributed by atoms with Gasteiger partial charge in [0.1, 0.15) is 0 Å². The van der Waals surface area contributed by atoms with Gasteiger partial charge in [0.05, 0.1) is 6.54 Å². The van der Waals surface area contributed by atoms with Gasteiger partial charge < -0.3 is 10.2 Å². The lowest BCUT2D eigenvalue weighted by Crippen LogP contribution is -2.48. The van der Waals surface area contributed by atoms with Crippen molar-refractivity contribution in [2.45, 2.75) is 38.8 Å². The first kappa shape index (κ1) is 17.0. The van der Waals surface area contributed by atoms with Crippen molar-refractivity contribution in [3.63, 3.8) is 0 Å². The summed E-state index contributed by atoms with van der Waals surface area (Å²) in [5, 5.41) is 3.32. The molecule has 1 N–H and O–H groups in total. The van der Waals surface area contributed by atoms with Crippen molar-refractivity contribution in [1.29, 1.82) is 0 Å². The second-order valence-electron chi connectivity index (χ2n) is 6.28. The van der Waals surface area contributed by atoms with E-state index in [0.29, 0.717) is 19.1 Å². The molecule has 0 radical (unpaired) electrons. The van der Waals surface area contributed by atoms with E-state index >= 15 is 0 Å². The fraction of sp³-hybridized carbons (Fsp3) is 0.611. The molecule has 4 nitrogen and oxygen atoms in total.